The summed E-state index contributed by atoms with van der Waals surface area (Å²) in [5.41, 5.74) is 3.50. The highest BCUT2D eigenvalue weighted by molar-refractivity contribution is 7.09. The minimum absolute atomic E-state index is 0.349. The van der Waals surface area contributed by atoms with E-state index in [1.54, 1.807) is 0 Å². The number of rotatable bonds is 4. The minimum Gasteiger partial charge on any atom is -0.313 e. The average molecular weight is 246 g/mol. The Balaban J connectivity index is 2.23. The fourth-order valence-corrected chi connectivity index (χ4v) is 2.82. The third-order valence-corrected chi connectivity index (χ3v) is 3.87. The number of nitrogens with one attached hydrogen (secondary N) is 1. The summed E-state index contributed by atoms with van der Waals surface area (Å²) in [4.78, 5) is 5.94. The van der Waals surface area contributed by atoms with Crippen molar-refractivity contribution in [2.24, 2.45) is 0 Å². The third kappa shape index (κ3) is 2.93. The quantitative estimate of drug-likeness (QED) is 0.895. The van der Waals surface area contributed by atoms with E-state index >= 15 is 0 Å². The van der Waals surface area contributed by atoms with Crippen LogP contribution in [-0.2, 0) is 6.42 Å². The smallest absolute Gasteiger partial charge is 0.0423 e. The van der Waals surface area contributed by atoms with Crippen molar-refractivity contribution < 1.29 is 0 Å². The van der Waals surface area contributed by atoms with Gasteiger partial charge in [-0.25, -0.2) is 0 Å². The Bertz CT molecular complexity index is 477. The molecule has 0 aliphatic heterocycles. The summed E-state index contributed by atoms with van der Waals surface area (Å²) < 4.78 is 0. The highest BCUT2D eigenvalue weighted by atomic mass is 32.1. The molecule has 2 aromatic rings. The molecule has 0 saturated carbocycles. The van der Waals surface area contributed by atoms with Crippen LogP contribution in [0, 0.1) is 13.8 Å². The van der Waals surface area contributed by atoms with Gasteiger partial charge >= 0.3 is 0 Å². The van der Waals surface area contributed by atoms with Crippen LogP contribution in [-0.4, -0.2) is 12.0 Å². The lowest BCUT2D eigenvalue weighted by Gasteiger charge is -2.18. The first kappa shape index (κ1) is 12.3. The average Bonchev–Trinajstić information content (AvgIpc) is 2.79. The maximum Gasteiger partial charge on any atom is 0.0423 e. The number of hydrogen-bond acceptors (Lipinski definition) is 3. The van der Waals surface area contributed by atoms with Gasteiger partial charge in [0.05, 0.1) is 0 Å². The zero-order chi connectivity index (χ0) is 12.3. The van der Waals surface area contributed by atoms with E-state index in [-0.39, 0.29) is 0 Å². The van der Waals surface area contributed by atoms with E-state index in [1.165, 1.54) is 10.4 Å². The Morgan fingerprint density at radius 2 is 2.12 bits per heavy atom. The van der Waals surface area contributed by atoms with Gasteiger partial charge in [0.2, 0.25) is 0 Å². The van der Waals surface area contributed by atoms with E-state index in [2.05, 4.69) is 46.9 Å². The van der Waals surface area contributed by atoms with Crippen molar-refractivity contribution in [3.63, 3.8) is 0 Å². The molecule has 17 heavy (non-hydrogen) atoms. The summed E-state index contributed by atoms with van der Waals surface area (Å²) >= 11 is 1.81. The molecule has 0 amide bonds. The molecule has 0 spiro atoms. The van der Waals surface area contributed by atoms with Crippen LogP contribution in [0.4, 0.5) is 0 Å². The van der Waals surface area contributed by atoms with Crippen molar-refractivity contribution in [1.82, 2.24) is 10.3 Å². The topological polar surface area (TPSA) is 24.9 Å². The molecule has 90 valence electrons. The SMILES string of the molecule is CNC(Cc1cccs1)c1ccc(C)nc1C. The first-order valence-corrected chi connectivity index (χ1v) is 6.72. The zero-order valence-corrected chi connectivity index (χ0v) is 11.3. The Kier molecular flexibility index (Phi) is 3.92. The Morgan fingerprint density at radius 3 is 2.71 bits per heavy atom. The summed E-state index contributed by atoms with van der Waals surface area (Å²) in [5.74, 6) is 0. The first-order chi connectivity index (χ1) is 8.20. The first-order valence-electron chi connectivity index (χ1n) is 5.84. The lowest BCUT2D eigenvalue weighted by atomic mass is 10.0. The van der Waals surface area contributed by atoms with Gasteiger partial charge in [0.1, 0.15) is 0 Å². The van der Waals surface area contributed by atoms with E-state index < -0.39 is 0 Å². The van der Waals surface area contributed by atoms with Crippen LogP contribution in [0.2, 0.25) is 0 Å². The number of aryl methyl sites for hydroxylation is 2. The molecule has 1 atom stereocenters. The van der Waals surface area contributed by atoms with Crippen molar-refractivity contribution in [3.05, 3.63) is 51.5 Å². The molecule has 2 heterocycles. The number of hydrogen-bond donors (Lipinski definition) is 1. The number of likely N-dealkylation sites (N-methyl/N-ethyl adjacent to an activating group) is 1. The molecule has 0 bridgehead atoms. The molecule has 0 aliphatic carbocycles. The number of pyridine rings is 1. The van der Waals surface area contributed by atoms with E-state index in [9.17, 15) is 0 Å². The molecule has 0 aliphatic rings. The molecule has 0 saturated heterocycles. The van der Waals surface area contributed by atoms with Crippen molar-refractivity contribution in [2.45, 2.75) is 26.3 Å². The summed E-state index contributed by atoms with van der Waals surface area (Å²) in [5, 5.41) is 5.51. The molecule has 1 unspecified atom stereocenters. The molecule has 0 radical (unpaired) electrons. The van der Waals surface area contributed by atoms with Crippen molar-refractivity contribution in [1.29, 1.82) is 0 Å². The van der Waals surface area contributed by atoms with Gasteiger partial charge in [0.15, 0.2) is 0 Å². The second-order valence-electron chi connectivity index (χ2n) is 4.25. The molecular weight excluding hydrogens is 228 g/mol. The largest absolute Gasteiger partial charge is 0.313 e. The molecule has 0 aromatic carbocycles. The van der Waals surface area contributed by atoms with Gasteiger partial charge in [-0.1, -0.05) is 12.1 Å². The Morgan fingerprint density at radius 1 is 1.29 bits per heavy atom. The van der Waals surface area contributed by atoms with Gasteiger partial charge in [0.25, 0.3) is 0 Å². The van der Waals surface area contributed by atoms with Crippen LogP contribution < -0.4 is 5.32 Å². The van der Waals surface area contributed by atoms with Crippen molar-refractivity contribution in [2.75, 3.05) is 7.05 Å². The molecule has 2 rings (SSSR count). The molecule has 2 aromatic heterocycles. The molecule has 1 N–H and O–H groups in total. The fraction of sp³-hybridized carbons (Fsp3) is 0.357. The minimum atomic E-state index is 0.349. The lowest BCUT2D eigenvalue weighted by Crippen LogP contribution is -2.20. The van der Waals surface area contributed by atoms with Gasteiger partial charge < -0.3 is 5.32 Å². The Labute approximate surface area is 107 Å². The van der Waals surface area contributed by atoms with E-state index in [0.29, 0.717) is 6.04 Å². The number of thiophene rings is 1. The van der Waals surface area contributed by atoms with Gasteiger partial charge in [0, 0.05) is 28.7 Å². The van der Waals surface area contributed by atoms with Crippen LogP contribution in [0.5, 0.6) is 0 Å². The van der Waals surface area contributed by atoms with E-state index in [4.69, 9.17) is 0 Å². The fourth-order valence-electron chi connectivity index (χ4n) is 2.06. The summed E-state index contributed by atoms with van der Waals surface area (Å²) in [6, 6.07) is 8.91. The maximum absolute atomic E-state index is 4.54. The normalized spacial score (nSPS) is 12.6. The third-order valence-electron chi connectivity index (χ3n) is 2.98. The van der Waals surface area contributed by atoms with E-state index in [0.717, 1.165) is 17.8 Å². The van der Waals surface area contributed by atoms with Crippen LogP contribution in [0.15, 0.2) is 29.6 Å². The molecular formula is C14H18N2S. The van der Waals surface area contributed by atoms with Crippen molar-refractivity contribution in [3.8, 4) is 0 Å². The van der Waals surface area contributed by atoms with Gasteiger partial charge in [-0.2, -0.15) is 0 Å². The molecule has 3 heteroatoms. The summed E-state index contributed by atoms with van der Waals surface area (Å²) in [6.45, 7) is 4.12. The van der Waals surface area contributed by atoms with Crippen LogP contribution in [0.25, 0.3) is 0 Å². The second kappa shape index (κ2) is 5.43. The van der Waals surface area contributed by atoms with Crippen LogP contribution in [0.3, 0.4) is 0 Å². The van der Waals surface area contributed by atoms with Crippen LogP contribution >= 0.6 is 11.3 Å². The van der Waals surface area contributed by atoms with E-state index in [1.807, 2.05) is 25.3 Å². The van der Waals surface area contributed by atoms with Crippen molar-refractivity contribution >= 4 is 11.3 Å². The monoisotopic (exact) mass is 246 g/mol. The summed E-state index contributed by atoms with van der Waals surface area (Å²) in [6.07, 6.45) is 1.03. The Hall–Kier alpha value is -1.19. The number of aromatic nitrogens is 1. The molecule has 0 fully saturated rings. The maximum atomic E-state index is 4.54. The zero-order valence-electron chi connectivity index (χ0n) is 10.5. The van der Waals surface area contributed by atoms with Gasteiger partial charge in [-0.05, 0) is 44.0 Å². The predicted molar refractivity (Wildman–Crippen MR) is 73.5 cm³/mol. The highest BCUT2D eigenvalue weighted by Gasteiger charge is 2.13. The lowest BCUT2D eigenvalue weighted by molar-refractivity contribution is 0.590. The number of nitrogens with zero attached hydrogens (tertiary/aromatic N) is 1. The predicted octanol–water partition coefficient (Wildman–Crippen LogP) is 3.26. The second-order valence-corrected chi connectivity index (χ2v) is 5.28. The standard InChI is InChI=1S/C14H18N2S/c1-10-6-7-13(11(2)16-10)14(15-3)9-12-5-4-8-17-12/h4-8,14-15H,9H2,1-3H3. The highest BCUT2D eigenvalue weighted by Crippen LogP contribution is 2.22. The van der Waals surface area contributed by atoms with Crippen LogP contribution in [0.1, 0.15) is 27.9 Å². The molecule has 2 nitrogen and oxygen atoms in total. The van der Waals surface area contributed by atoms with Gasteiger partial charge in [-0.3, -0.25) is 4.98 Å². The van der Waals surface area contributed by atoms with Gasteiger partial charge in [-0.15, -0.1) is 11.3 Å². The summed E-state index contributed by atoms with van der Waals surface area (Å²) in [7, 11) is 2.01.